The van der Waals surface area contributed by atoms with Gasteiger partial charge in [0, 0.05) is 48.3 Å². The number of benzene rings is 7. The first-order valence-electron chi connectivity index (χ1n) is 16.8. The molecule has 3 aromatic heterocycles. The summed E-state index contributed by atoms with van der Waals surface area (Å²) < 4.78 is 5.79. The fourth-order valence-electron chi connectivity index (χ4n) is 7.66. The number of aromatic nitrogens is 2. The maximum absolute atomic E-state index is 9.22. The SMILES string of the molecule is Cc1ccccc1-n1c2ccccc2c2cc3ccc4c5ccccc5n(C=Nc5c(C(=N)c6ccccc6)sc6ccccc56)c4c3cc21. The van der Waals surface area contributed by atoms with Crippen LogP contribution in [-0.4, -0.2) is 21.2 Å². The number of nitrogens with one attached hydrogen (secondary N) is 1. The number of para-hydroxylation sites is 3. The standard InChI is InChI=1S/C45H30N4S/c1-28-13-5-9-19-37(28)49-39-21-11-7-17-32(39)36-25-30-23-24-33-31-16-6-10-20-38(31)48(44(33)35(30)26-40(36)49)27-47-43-34-18-8-12-22-41(34)50-45(43)42(46)29-14-3-2-4-15-29/h2-27,46H,1H3. The van der Waals surface area contributed by atoms with Gasteiger partial charge in [-0.2, -0.15) is 0 Å². The molecule has 50 heavy (non-hydrogen) atoms. The lowest BCUT2D eigenvalue weighted by Gasteiger charge is -2.12. The van der Waals surface area contributed by atoms with Crippen molar-refractivity contribution in [2.45, 2.75) is 6.92 Å². The molecule has 10 rings (SSSR count). The van der Waals surface area contributed by atoms with Crippen molar-refractivity contribution in [2.24, 2.45) is 4.99 Å². The second kappa shape index (κ2) is 11.1. The van der Waals surface area contributed by atoms with E-state index in [1.54, 1.807) is 11.3 Å². The van der Waals surface area contributed by atoms with Crippen molar-refractivity contribution in [1.82, 2.24) is 9.13 Å². The van der Waals surface area contributed by atoms with E-state index in [4.69, 9.17) is 4.99 Å². The number of aryl methyl sites for hydroxylation is 1. The predicted molar refractivity (Wildman–Crippen MR) is 214 cm³/mol. The number of aliphatic imine (C=N–C) groups is 1. The molecule has 0 radical (unpaired) electrons. The average Bonchev–Trinajstić information content (AvgIpc) is 3.81. The van der Waals surface area contributed by atoms with Crippen LogP contribution in [0.5, 0.6) is 0 Å². The Bertz CT molecular complexity index is 3010. The first-order valence-corrected chi connectivity index (χ1v) is 17.6. The second-order valence-corrected chi connectivity index (χ2v) is 13.9. The van der Waals surface area contributed by atoms with Gasteiger partial charge in [-0.05, 0) is 54.3 Å². The smallest absolute Gasteiger partial charge is 0.100 e. The van der Waals surface area contributed by atoms with Gasteiger partial charge in [-0.3, -0.25) is 9.98 Å². The Morgan fingerprint density at radius 3 is 2.10 bits per heavy atom. The first-order chi connectivity index (χ1) is 24.7. The number of hydrogen-bond acceptors (Lipinski definition) is 3. The van der Waals surface area contributed by atoms with E-state index in [9.17, 15) is 5.41 Å². The van der Waals surface area contributed by atoms with E-state index in [0.717, 1.165) is 37.2 Å². The molecule has 0 saturated carbocycles. The Morgan fingerprint density at radius 2 is 1.28 bits per heavy atom. The summed E-state index contributed by atoms with van der Waals surface area (Å²) in [6, 6.07) is 53.5. The van der Waals surface area contributed by atoms with E-state index in [1.165, 1.54) is 54.6 Å². The Kier molecular flexibility index (Phi) is 6.38. The van der Waals surface area contributed by atoms with Gasteiger partial charge in [-0.25, -0.2) is 4.99 Å². The molecular weight excluding hydrogens is 629 g/mol. The highest BCUT2D eigenvalue weighted by Crippen LogP contribution is 2.41. The molecule has 7 aromatic carbocycles. The Labute approximate surface area is 292 Å². The van der Waals surface area contributed by atoms with Crippen LogP contribution >= 0.6 is 11.3 Å². The Hall–Kier alpha value is -6.30. The van der Waals surface area contributed by atoms with Gasteiger partial charge >= 0.3 is 0 Å². The van der Waals surface area contributed by atoms with Gasteiger partial charge in [0.2, 0.25) is 0 Å². The molecule has 0 unspecified atom stereocenters. The third-order valence-electron chi connectivity index (χ3n) is 10.00. The van der Waals surface area contributed by atoms with E-state index in [-0.39, 0.29) is 0 Å². The highest BCUT2D eigenvalue weighted by molar-refractivity contribution is 7.21. The van der Waals surface area contributed by atoms with Crippen molar-refractivity contribution >= 4 is 93.5 Å². The van der Waals surface area contributed by atoms with E-state index in [2.05, 4.69) is 137 Å². The van der Waals surface area contributed by atoms with E-state index >= 15 is 0 Å². The van der Waals surface area contributed by atoms with Crippen LogP contribution in [0.2, 0.25) is 0 Å². The van der Waals surface area contributed by atoms with E-state index < -0.39 is 0 Å². The second-order valence-electron chi connectivity index (χ2n) is 12.8. The van der Waals surface area contributed by atoms with Crippen molar-refractivity contribution in [3.05, 3.63) is 168 Å². The van der Waals surface area contributed by atoms with Gasteiger partial charge in [0.15, 0.2) is 0 Å². The maximum atomic E-state index is 9.22. The van der Waals surface area contributed by atoms with Gasteiger partial charge in [0.1, 0.15) is 6.34 Å². The van der Waals surface area contributed by atoms with Gasteiger partial charge in [0.25, 0.3) is 0 Å². The minimum atomic E-state index is 0.484. The summed E-state index contributed by atoms with van der Waals surface area (Å²) in [5, 5.41) is 17.5. The quantitative estimate of drug-likeness (QED) is 0.141. The number of fused-ring (bicyclic) bond motifs is 9. The molecule has 0 amide bonds. The molecule has 0 atom stereocenters. The highest BCUT2D eigenvalue weighted by atomic mass is 32.1. The molecule has 0 fully saturated rings. The Balaban J connectivity index is 1.27. The van der Waals surface area contributed by atoms with Crippen LogP contribution in [0.3, 0.4) is 0 Å². The normalized spacial score (nSPS) is 12.1. The van der Waals surface area contributed by atoms with E-state index in [0.29, 0.717) is 5.71 Å². The summed E-state index contributed by atoms with van der Waals surface area (Å²) >= 11 is 1.63. The molecule has 0 aliphatic heterocycles. The topological polar surface area (TPSA) is 46.1 Å². The van der Waals surface area contributed by atoms with Crippen molar-refractivity contribution in [1.29, 1.82) is 5.41 Å². The van der Waals surface area contributed by atoms with Crippen molar-refractivity contribution in [3.8, 4) is 5.69 Å². The van der Waals surface area contributed by atoms with Crippen LogP contribution in [0.4, 0.5) is 5.69 Å². The van der Waals surface area contributed by atoms with Gasteiger partial charge in [-0.1, -0.05) is 115 Å². The van der Waals surface area contributed by atoms with Crippen LogP contribution < -0.4 is 0 Å². The average molecular weight is 659 g/mol. The molecule has 236 valence electrons. The van der Waals surface area contributed by atoms with Crippen LogP contribution in [-0.2, 0) is 0 Å². The molecule has 0 saturated heterocycles. The van der Waals surface area contributed by atoms with Crippen molar-refractivity contribution < 1.29 is 0 Å². The number of hydrogen-bond donors (Lipinski definition) is 1. The minimum absolute atomic E-state index is 0.484. The Morgan fingerprint density at radius 1 is 0.600 bits per heavy atom. The predicted octanol–water partition coefficient (Wildman–Crippen LogP) is 12.2. The molecule has 10 aromatic rings. The van der Waals surface area contributed by atoms with Crippen LogP contribution in [0.1, 0.15) is 16.0 Å². The summed E-state index contributed by atoms with van der Waals surface area (Å²) in [6.07, 6.45) is 1.97. The van der Waals surface area contributed by atoms with E-state index in [1.807, 2.05) is 36.7 Å². The minimum Gasteiger partial charge on any atom is -0.309 e. The van der Waals surface area contributed by atoms with Gasteiger partial charge in [0.05, 0.1) is 38.3 Å². The summed E-state index contributed by atoms with van der Waals surface area (Å²) in [6.45, 7) is 2.18. The molecule has 1 N–H and O–H groups in total. The summed E-state index contributed by atoms with van der Waals surface area (Å²) in [5.74, 6) is 0. The largest absolute Gasteiger partial charge is 0.309 e. The monoisotopic (exact) mass is 658 g/mol. The fraction of sp³-hybridized carbons (Fsp3) is 0.0222. The third-order valence-corrected chi connectivity index (χ3v) is 11.2. The lowest BCUT2D eigenvalue weighted by molar-refractivity contribution is 1.15. The molecule has 0 aliphatic carbocycles. The van der Waals surface area contributed by atoms with Crippen molar-refractivity contribution in [2.75, 3.05) is 0 Å². The maximum Gasteiger partial charge on any atom is 0.100 e. The van der Waals surface area contributed by atoms with Gasteiger partial charge < -0.3 is 4.57 Å². The fourth-order valence-corrected chi connectivity index (χ4v) is 8.78. The number of thiophene rings is 1. The highest BCUT2D eigenvalue weighted by Gasteiger charge is 2.20. The molecule has 0 aliphatic rings. The first kappa shape index (κ1) is 28.7. The molecule has 0 spiro atoms. The molecular formula is C45H30N4S. The summed E-state index contributed by atoms with van der Waals surface area (Å²) in [5.41, 5.74) is 9.20. The van der Waals surface area contributed by atoms with Crippen LogP contribution in [0.15, 0.2) is 157 Å². The number of nitrogens with zero attached hydrogens (tertiary/aromatic N) is 3. The molecule has 0 bridgehead atoms. The van der Waals surface area contributed by atoms with Gasteiger partial charge in [-0.15, -0.1) is 11.3 Å². The zero-order valence-electron chi connectivity index (χ0n) is 27.3. The summed E-state index contributed by atoms with van der Waals surface area (Å²) in [4.78, 5) is 6.13. The lowest BCUT2D eigenvalue weighted by atomic mass is 10.0. The third kappa shape index (κ3) is 4.24. The molecule has 3 heterocycles. The van der Waals surface area contributed by atoms with Crippen LogP contribution in [0, 0.1) is 12.3 Å². The van der Waals surface area contributed by atoms with Crippen molar-refractivity contribution in [3.63, 3.8) is 0 Å². The zero-order chi connectivity index (χ0) is 33.3. The lowest BCUT2D eigenvalue weighted by Crippen LogP contribution is -2.00. The molecule has 5 heteroatoms. The zero-order valence-corrected chi connectivity index (χ0v) is 28.1. The van der Waals surface area contributed by atoms with Crippen LogP contribution in [0.25, 0.3) is 70.2 Å². The number of rotatable bonds is 5. The summed E-state index contributed by atoms with van der Waals surface area (Å²) in [7, 11) is 0. The molecule has 4 nitrogen and oxygen atoms in total.